The van der Waals surface area contributed by atoms with Crippen molar-refractivity contribution in [2.24, 2.45) is 0 Å². The van der Waals surface area contributed by atoms with Gasteiger partial charge in [-0.05, 0) is 24.6 Å². The molecule has 1 aromatic carbocycles. The molecule has 2 N–H and O–H groups in total. The summed E-state index contributed by atoms with van der Waals surface area (Å²) in [6, 6.07) is 6.71. The minimum absolute atomic E-state index is 0.0400. The van der Waals surface area contributed by atoms with E-state index in [0.29, 0.717) is 19.6 Å². The predicted octanol–water partition coefficient (Wildman–Crippen LogP) is 2.78. The Hall–Kier alpha value is -3.62. The highest BCUT2D eigenvalue weighted by Gasteiger charge is 2.22. The number of nitrogens with zero attached hydrogens (tertiary/aromatic N) is 4. The lowest BCUT2D eigenvalue weighted by Crippen LogP contribution is -2.36. The number of ether oxygens (including phenoxy) is 1. The summed E-state index contributed by atoms with van der Waals surface area (Å²) in [6.07, 6.45) is 3.71. The predicted molar refractivity (Wildman–Crippen MR) is 112 cm³/mol. The maximum Gasteiger partial charge on any atom is 0.243 e. The number of halogens is 1. The second-order valence-corrected chi connectivity index (χ2v) is 7.26. The third-order valence-corrected chi connectivity index (χ3v) is 4.96. The summed E-state index contributed by atoms with van der Waals surface area (Å²) in [7, 11) is 3.33. The Balaban J connectivity index is 1.43. The number of hydrogen-bond donors (Lipinski definition) is 2. The van der Waals surface area contributed by atoms with Crippen LogP contribution in [0.2, 0.25) is 0 Å². The Kier molecular flexibility index (Phi) is 5.26. The van der Waals surface area contributed by atoms with Crippen LogP contribution in [0, 0.1) is 12.7 Å². The van der Waals surface area contributed by atoms with Crippen molar-refractivity contribution in [3.8, 4) is 5.75 Å². The number of carbonyl (C=O) groups excluding carboxylic acids is 1. The van der Waals surface area contributed by atoms with Gasteiger partial charge in [0.15, 0.2) is 11.6 Å². The molecule has 0 radical (unpaired) electrons. The number of benzene rings is 1. The van der Waals surface area contributed by atoms with Crippen molar-refractivity contribution in [3.05, 3.63) is 59.3 Å². The van der Waals surface area contributed by atoms with E-state index in [9.17, 15) is 9.18 Å². The first-order valence-electron chi connectivity index (χ1n) is 9.53. The van der Waals surface area contributed by atoms with Crippen LogP contribution in [-0.2, 0) is 17.9 Å². The average molecular weight is 410 g/mol. The maximum absolute atomic E-state index is 13.6. The van der Waals surface area contributed by atoms with Crippen LogP contribution in [0.15, 0.2) is 36.7 Å². The van der Waals surface area contributed by atoms with Gasteiger partial charge in [0, 0.05) is 31.4 Å². The maximum atomic E-state index is 13.6. The highest BCUT2D eigenvalue weighted by molar-refractivity contribution is 6.02. The third kappa shape index (κ3) is 4.05. The SMILES string of the molecule is COc1cc(Cn2cc(CNc3cc4c(c(C)n3)NC(=O)CN4C)cn2)ccc1F. The first kappa shape index (κ1) is 19.7. The topological polar surface area (TPSA) is 84.3 Å². The van der Waals surface area contributed by atoms with Crippen molar-refractivity contribution in [2.45, 2.75) is 20.0 Å². The molecule has 0 unspecified atom stereocenters. The minimum Gasteiger partial charge on any atom is -0.494 e. The van der Waals surface area contributed by atoms with Crippen molar-refractivity contribution in [1.82, 2.24) is 14.8 Å². The van der Waals surface area contributed by atoms with Gasteiger partial charge in [-0.15, -0.1) is 0 Å². The van der Waals surface area contributed by atoms with Crippen LogP contribution < -0.4 is 20.3 Å². The molecule has 9 heteroatoms. The number of rotatable bonds is 6. The zero-order valence-electron chi connectivity index (χ0n) is 17.1. The van der Waals surface area contributed by atoms with Gasteiger partial charge in [-0.3, -0.25) is 9.48 Å². The first-order chi connectivity index (χ1) is 14.4. The van der Waals surface area contributed by atoms with Crippen LogP contribution >= 0.6 is 0 Å². The van der Waals surface area contributed by atoms with Crippen molar-refractivity contribution in [3.63, 3.8) is 0 Å². The second kappa shape index (κ2) is 8.02. The van der Waals surface area contributed by atoms with Gasteiger partial charge in [-0.2, -0.15) is 5.10 Å². The van der Waals surface area contributed by atoms with Crippen LogP contribution in [0.5, 0.6) is 5.75 Å². The molecule has 30 heavy (non-hydrogen) atoms. The number of amides is 1. The van der Waals surface area contributed by atoms with E-state index in [1.807, 2.05) is 31.1 Å². The fourth-order valence-corrected chi connectivity index (χ4v) is 3.45. The van der Waals surface area contributed by atoms with E-state index < -0.39 is 0 Å². The van der Waals surface area contributed by atoms with E-state index in [1.54, 1.807) is 23.0 Å². The molecule has 0 saturated carbocycles. The Morgan fingerprint density at radius 3 is 2.93 bits per heavy atom. The van der Waals surface area contributed by atoms with Crippen LogP contribution in [0.3, 0.4) is 0 Å². The van der Waals surface area contributed by atoms with E-state index in [-0.39, 0.29) is 17.5 Å². The van der Waals surface area contributed by atoms with Crippen LogP contribution in [-0.4, -0.2) is 41.4 Å². The molecule has 3 heterocycles. The number of nitrogens with one attached hydrogen (secondary N) is 2. The number of likely N-dealkylation sites (N-methyl/N-ethyl adjacent to an activating group) is 1. The molecular weight excluding hydrogens is 387 g/mol. The first-order valence-corrected chi connectivity index (χ1v) is 9.53. The quantitative estimate of drug-likeness (QED) is 0.650. The standard InChI is InChI=1S/C21H23FN6O2/c1-13-21-17(27(2)12-20(29)26-21)7-19(25-13)23-8-15-9-24-28(11-15)10-14-4-5-16(22)18(6-14)30-3/h4-7,9,11H,8,10,12H2,1-3H3,(H,23,25)(H,26,29). The highest BCUT2D eigenvalue weighted by Crippen LogP contribution is 2.32. The van der Waals surface area contributed by atoms with E-state index in [1.165, 1.54) is 13.2 Å². The summed E-state index contributed by atoms with van der Waals surface area (Å²) < 4.78 is 20.4. The summed E-state index contributed by atoms with van der Waals surface area (Å²) in [6.45, 7) is 3.25. The summed E-state index contributed by atoms with van der Waals surface area (Å²) >= 11 is 0. The molecule has 3 aromatic rings. The van der Waals surface area contributed by atoms with Crippen LogP contribution in [0.4, 0.5) is 21.6 Å². The fourth-order valence-electron chi connectivity index (χ4n) is 3.45. The average Bonchev–Trinajstić information content (AvgIpc) is 3.16. The van der Waals surface area contributed by atoms with Gasteiger partial charge in [0.1, 0.15) is 5.82 Å². The monoisotopic (exact) mass is 410 g/mol. The highest BCUT2D eigenvalue weighted by atomic mass is 19.1. The molecule has 1 amide bonds. The molecule has 0 spiro atoms. The van der Waals surface area contributed by atoms with E-state index in [0.717, 1.165) is 34.0 Å². The zero-order chi connectivity index (χ0) is 21.3. The molecular formula is C21H23FN6O2. The molecule has 156 valence electrons. The Labute approximate surface area is 173 Å². The van der Waals surface area contributed by atoms with E-state index >= 15 is 0 Å². The van der Waals surface area contributed by atoms with E-state index in [2.05, 4.69) is 20.7 Å². The lowest BCUT2D eigenvalue weighted by molar-refractivity contribution is -0.115. The van der Waals surface area contributed by atoms with Crippen molar-refractivity contribution in [2.75, 3.05) is 36.2 Å². The molecule has 2 aromatic heterocycles. The van der Waals surface area contributed by atoms with Gasteiger partial charge in [-0.25, -0.2) is 9.37 Å². The van der Waals surface area contributed by atoms with Crippen molar-refractivity contribution >= 4 is 23.1 Å². The summed E-state index contributed by atoms with van der Waals surface area (Å²) in [5.41, 5.74) is 4.33. The Morgan fingerprint density at radius 1 is 1.30 bits per heavy atom. The van der Waals surface area contributed by atoms with Crippen molar-refractivity contribution < 1.29 is 13.9 Å². The number of fused-ring (bicyclic) bond motifs is 1. The molecule has 0 saturated heterocycles. The Morgan fingerprint density at radius 2 is 2.13 bits per heavy atom. The van der Waals surface area contributed by atoms with Crippen LogP contribution in [0.25, 0.3) is 0 Å². The molecule has 0 atom stereocenters. The summed E-state index contributed by atoms with van der Waals surface area (Å²) in [5.74, 6) is 0.522. The lowest BCUT2D eigenvalue weighted by atomic mass is 10.2. The molecule has 4 rings (SSSR count). The smallest absolute Gasteiger partial charge is 0.243 e. The normalized spacial score (nSPS) is 13.1. The van der Waals surface area contributed by atoms with Gasteiger partial charge >= 0.3 is 0 Å². The molecule has 0 fully saturated rings. The number of methoxy groups -OCH3 is 1. The molecule has 1 aliphatic heterocycles. The largest absolute Gasteiger partial charge is 0.494 e. The summed E-state index contributed by atoms with van der Waals surface area (Å²) in [5, 5.41) is 10.6. The molecule has 8 nitrogen and oxygen atoms in total. The number of aryl methyl sites for hydroxylation is 1. The van der Waals surface area contributed by atoms with Gasteiger partial charge < -0.3 is 20.3 Å². The summed E-state index contributed by atoms with van der Waals surface area (Å²) in [4.78, 5) is 18.2. The van der Waals surface area contributed by atoms with Gasteiger partial charge in [0.05, 0.1) is 43.5 Å². The number of anilines is 3. The lowest BCUT2D eigenvalue weighted by Gasteiger charge is -2.28. The number of pyridine rings is 1. The molecule has 1 aliphatic rings. The zero-order valence-corrected chi connectivity index (χ0v) is 17.1. The fraction of sp³-hybridized carbons (Fsp3) is 0.286. The van der Waals surface area contributed by atoms with Crippen molar-refractivity contribution in [1.29, 1.82) is 0 Å². The number of hydrogen-bond acceptors (Lipinski definition) is 6. The van der Waals surface area contributed by atoms with E-state index in [4.69, 9.17) is 4.74 Å². The van der Waals surface area contributed by atoms with Crippen LogP contribution in [0.1, 0.15) is 16.8 Å². The molecule has 0 bridgehead atoms. The van der Waals surface area contributed by atoms with Gasteiger partial charge in [0.25, 0.3) is 0 Å². The van der Waals surface area contributed by atoms with Gasteiger partial charge in [0.2, 0.25) is 5.91 Å². The number of carbonyl (C=O) groups is 1. The minimum atomic E-state index is -0.385. The second-order valence-electron chi connectivity index (χ2n) is 7.26. The Bertz CT molecular complexity index is 1100. The molecule has 0 aliphatic carbocycles. The third-order valence-electron chi connectivity index (χ3n) is 4.96. The van der Waals surface area contributed by atoms with Gasteiger partial charge in [-0.1, -0.05) is 6.07 Å². The number of aromatic nitrogens is 3.